The average Bonchev–Trinajstić information content (AvgIpc) is 3.85. The van der Waals surface area contributed by atoms with Crippen molar-refractivity contribution in [3.05, 3.63) is 69.8 Å². The lowest BCUT2D eigenvalue weighted by Crippen LogP contribution is -2.59. The van der Waals surface area contributed by atoms with Crippen molar-refractivity contribution in [1.82, 2.24) is 41.3 Å². The van der Waals surface area contributed by atoms with Crippen molar-refractivity contribution in [1.29, 1.82) is 0 Å². The third-order valence-electron chi connectivity index (χ3n) is 12.5. The van der Waals surface area contributed by atoms with E-state index >= 15 is 0 Å². The monoisotopic (exact) mass is 1040 g/mol. The Bertz CT molecular complexity index is 2290. The Morgan fingerprint density at radius 1 is 1.01 bits per heavy atom. The van der Waals surface area contributed by atoms with Gasteiger partial charge in [-0.15, -0.1) is 11.3 Å². The van der Waals surface area contributed by atoms with Gasteiger partial charge in [0.1, 0.15) is 34.1 Å². The van der Waals surface area contributed by atoms with Gasteiger partial charge in [-0.05, 0) is 104 Å². The van der Waals surface area contributed by atoms with E-state index in [1.807, 2.05) is 64.8 Å². The fourth-order valence-corrected chi connectivity index (χ4v) is 11.1. The number of likely N-dealkylation sites (tertiary alicyclic amines) is 1. The second-order valence-electron chi connectivity index (χ2n) is 18.2. The van der Waals surface area contributed by atoms with Crippen LogP contribution in [0.25, 0.3) is 0 Å². The molecule has 1 aromatic carbocycles. The van der Waals surface area contributed by atoms with E-state index in [1.165, 1.54) is 50.9 Å². The number of pyridine rings is 1. The molecule has 71 heavy (non-hydrogen) atoms. The van der Waals surface area contributed by atoms with E-state index in [9.17, 15) is 38.7 Å². The van der Waals surface area contributed by atoms with E-state index in [2.05, 4.69) is 31.5 Å². The number of piperidine rings is 1. The first-order valence-electron chi connectivity index (χ1n) is 24.1. The molecule has 1 aliphatic heterocycles. The number of hydrogen-bond donors (Lipinski definition) is 5. The zero-order valence-electron chi connectivity index (χ0n) is 41.5. The molecule has 3 heterocycles. The van der Waals surface area contributed by atoms with Gasteiger partial charge < -0.3 is 34.9 Å². The first-order chi connectivity index (χ1) is 34.0. The number of benzene rings is 1. The normalized spacial score (nSPS) is 18.4. The van der Waals surface area contributed by atoms with Crippen LogP contribution in [0.15, 0.2) is 53.0 Å². The number of fused-ring (bicyclic) bond motifs is 1. The highest BCUT2D eigenvalue weighted by molar-refractivity contribution is 8.76. The number of ether oxygens (including phenoxy) is 3. The Kier molecular flexibility index (Phi) is 22.2. The summed E-state index contributed by atoms with van der Waals surface area (Å²) in [6, 6.07) is 7.59. The van der Waals surface area contributed by atoms with Crippen molar-refractivity contribution in [3.8, 4) is 5.75 Å². The third-order valence-corrected chi connectivity index (χ3v) is 15.7. The molecule has 0 spiro atoms. The van der Waals surface area contributed by atoms with Crippen molar-refractivity contribution in [2.45, 2.75) is 141 Å². The van der Waals surface area contributed by atoms with Gasteiger partial charge in [-0.3, -0.25) is 39.1 Å². The lowest BCUT2D eigenvalue weighted by Gasteiger charge is -2.39. The maximum absolute atomic E-state index is 14.9. The lowest BCUT2D eigenvalue weighted by atomic mass is 9.79. The van der Waals surface area contributed by atoms with Gasteiger partial charge in [-0.25, -0.2) is 20.2 Å². The van der Waals surface area contributed by atoms with Crippen LogP contribution in [0.1, 0.15) is 132 Å². The number of aromatic hydroxyl groups is 1. The predicted molar refractivity (Wildman–Crippen MR) is 270 cm³/mol. The van der Waals surface area contributed by atoms with Crippen LogP contribution >= 0.6 is 32.9 Å². The van der Waals surface area contributed by atoms with Gasteiger partial charge in [0.25, 0.3) is 5.91 Å². The number of thiazole rings is 1. The van der Waals surface area contributed by atoms with E-state index in [1.54, 1.807) is 12.3 Å². The molecular formula is C49H68N8O11S3. The van der Waals surface area contributed by atoms with Gasteiger partial charge in [-0.2, -0.15) is 0 Å². The van der Waals surface area contributed by atoms with Crippen molar-refractivity contribution in [3.63, 3.8) is 0 Å². The van der Waals surface area contributed by atoms with Gasteiger partial charge in [0, 0.05) is 49.2 Å². The quantitative estimate of drug-likeness (QED) is 0.0171. The first-order valence-corrected chi connectivity index (χ1v) is 27.3. The van der Waals surface area contributed by atoms with Crippen LogP contribution in [-0.4, -0.2) is 123 Å². The Morgan fingerprint density at radius 3 is 2.49 bits per heavy atom. The number of hydrogen-bond acceptors (Lipinski definition) is 17. The zero-order chi connectivity index (χ0) is 51.6. The molecule has 0 radical (unpaired) electrons. The molecule has 3 aromatic rings. The molecular weight excluding hydrogens is 973 g/mol. The Hall–Kier alpha value is -5.45. The summed E-state index contributed by atoms with van der Waals surface area (Å²) in [5.41, 5.74) is 5.95. The second-order valence-corrected chi connectivity index (χ2v) is 21.5. The van der Waals surface area contributed by atoms with E-state index in [0.717, 1.165) is 35.7 Å². The minimum Gasteiger partial charge on any atom is -0.508 e. The molecule has 2 aromatic heterocycles. The molecule has 388 valence electrons. The predicted octanol–water partition coefficient (Wildman–Crippen LogP) is 6.43. The van der Waals surface area contributed by atoms with Crippen LogP contribution in [0.5, 0.6) is 5.75 Å². The van der Waals surface area contributed by atoms with E-state index < -0.39 is 78.7 Å². The summed E-state index contributed by atoms with van der Waals surface area (Å²) in [4.78, 5) is 106. The van der Waals surface area contributed by atoms with Crippen molar-refractivity contribution in [2.24, 2.45) is 11.8 Å². The number of phenols is 1. The first kappa shape index (κ1) is 56.5. The number of carbonyl (C=O) groups excluding carboxylic acids is 7. The Balaban J connectivity index is 1.29. The van der Waals surface area contributed by atoms with E-state index in [4.69, 9.17) is 14.2 Å². The molecule has 1 fully saturated rings. The van der Waals surface area contributed by atoms with Gasteiger partial charge in [0.2, 0.25) is 17.7 Å². The summed E-state index contributed by atoms with van der Waals surface area (Å²) >= 11 is 1.09. The minimum atomic E-state index is -1.04. The smallest absolute Gasteiger partial charge is 0.426 e. The maximum Gasteiger partial charge on any atom is 0.426 e. The number of esters is 2. The fourth-order valence-electron chi connectivity index (χ4n) is 8.55. The van der Waals surface area contributed by atoms with Crippen LogP contribution in [0, 0.1) is 11.8 Å². The second kappa shape index (κ2) is 28.0. The molecule has 19 nitrogen and oxygen atoms in total. The molecule has 2 aliphatic rings. The largest absolute Gasteiger partial charge is 0.508 e. The summed E-state index contributed by atoms with van der Waals surface area (Å²) in [5.74, 6) is -3.98. The van der Waals surface area contributed by atoms with Crippen LogP contribution in [0.4, 0.5) is 4.79 Å². The summed E-state index contributed by atoms with van der Waals surface area (Å²) in [6.45, 7) is 11.1. The molecule has 5 amide bonds. The highest BCUT2D eigenvalue weighted by atomic mass is 33.1. The van der Waals surface area contributed by atoms with Crippen LogP contribution in [-0.2, 0) is 44.6 Å². The molecule has 1 saturated heterocycles. The molecule has 0 saturated carbocycles. The maximum atomic E-state index is 14.9. The Morgan fingerprint density at radius 2 is 1.80 bits per heavy atom. The summed E-state index contributed by atoms with van der Waals surface area (Å²) in [6.07, 6.45) is 4.02. The zero-order valence-corrected chi connectivity index (χ0v) is 43.9. The molecule has 5 rings (SSSR count). The molecule has 7 atom stereocenters. The number of aromatic nitrogens is 2. The molecule has 1 aliphatic carbocycles. The Labute approximate surface area is 427 Å². The fraction of sp³-hybridized carbons (Fsp3) is 0.571. The summed E-state index contributed by atoms with van der Waals surface area (Å²) in [7, 11) is 4.79. The number of nitrogens with one attached hydrogen (secondary N) is 4. The van der Waals surface area contributed by atoms with Crippen LogP contribution < -0.4 is 21.5 Å². The highest BCUT2D eigenvalue weighted by Gasteiger charge is 2.40. The molecule has 22 heteroatoms. The third kappa shape index (κ3) is 16.8. The van der Waals surface area contributed by atoms with Gasteiger partial charge in [0.05, 0.1) is 12.0 Å². The number of rotatable bonds is 23. The molecule has 5 N–H and O–H groups in total. The number of phenolic OH excluding ortho intramolecular Hbond substituents is 1. The highest BCUT2D eigenvalue weighted by Crippen LogP contribution is 2.36. The number of amides is 5. The molecule has 2 unspecified atom stereocenters. The summed E-state index contributed by atoms with van der Waals surface area (Å²) in [5, 5.41) is 19.0. The standard InChI is InChI=1S/C49H68N8O11S3/c1-8-14-42(60)67-28-57(48(64)43(30(5)9-2)53-46(63)38-15-11-13-20-56(38)7)39(29(3)4)26-40(68-31(6)58)47-52-37(27-69-47)45(62)51-33-23-32-17-18-34(59)25-35(32)36(24-33)44(61)54-55-49(65)66-21-22-70-71-41-16-10-12-19-50-41/h10,12,16-19,25,27,29-30,33,36,38-40,43,59H,8-9,11,13-15,20-24,26,28H2,1-7H3,(H,51,62)(H,53,63)(H,54,61)(H,55,65)/t30?,33-,36+,38?,39+,40+,43-/m0/s1. The lowest BCUT2D eigenvalue weighted by molar-refractivity contribution is -0.160. The van der Waals surface area contributed by atoms with Crippen molar-refractivity contribution in [2.75, 3.05) is 32.7 Å². The van der Waals surface area contributed by atoms with Gasteiger partial charge >= 0.3 is 18.0 Å². The van der Waals surface area contributed by atoms with Gasteiger partial charge in [0.15, 0.2) is 12.8 Å². The number of nitrogens with zero attached hydrogens (tertiary/aromatic N) is 4. The van der Waals surface area contributed by atoms with Gasteiger partial charge in [-0.1, -0.05) is 70.4 Å². The SMILES string of the molecule is CCCC(=O)OCN(C(=O)[C@@H](NC(=O)C1CCCCN1C)C(C)CC)[C@H](C[C@@H](OC(C)=O)c1nc(C(=O)N[C@H]2Cc3ccc(O)cc3[C@H](C(=O)NNC(=O)OCCSSc3ccccn3)C2)cs1)C(C)C. The van der Waals surface area contributed by atoms with Crippen LogP contribution in [0.3, 0.4) is 0 Å². The number of likely N-dealkylation sites (N-methyl/N-ethyl adjacent to an activating group) is 1. The molecule has 0 bridgehead atoms. The van der Waals surface area contributed by atoms with E-state index in [-0.39, 0.29) is 60.1 Å². The van der Waals surface area contributed by atoms with Crippen molar-refractivity contribution >= 4 is 74.6 Å². The minimum absolute atomic E-state index is 0.0179. The number of carbonyl (C=O) groups is 7. The van der Waals surface area contributed by atoms with E-state index in [0.29, 0.717) is 42.6 Å². The van der Waals surface area contributed by atoms with Crippen molar-refractivity contribution < 1.29 is 52.9 Å². The topological polar surface area (TPSA) is 248 Å². The number of hydrazine groups is 1. The van der Waals surface area contributed by atoms with Crippen LogP contribution in [0.2, 0.25) is 0 Å². The summed E-state index contributed by atoms with van der Waals surface area (Å²) < 4.78 is 16.8. The average molecular weight is 1040 g/mol.